The maximum atomic E-state index is 11.9. The number of esters is 1. The fourth-order valence-electron chi connectivity index (χ4n) is 3.28. The quantitative estimate of drug-likeness (QED) is 0.674. The number of carbonyl (C=O) groups excluding carboxylic acids is 2. The Morgan fingerprint density at radius 1 is 1.17 bits per heavy atom. The molecule has 2 bridgehead atoms. The highest BCUT2D eigenvalue weighted by atomic mass is 16.6. The summed E-state index contributed by atoms with van der Waals surface area (Å²) in [4.78, 5) is 23.7. The number of fused-ring (bicyclic) bond motifs is 2. The molecule has 4 atom stereocenters. The molecular weight excluding hydrogens is 228 g/mol. The SMILES string of the molecule is CC1CCC(C(C)C)[C@H]2CC(CCC1=O)C(=O)O2. The third-order valence-electron chi connectivity index (χ3n) is 4.67. The molecule has 3 nitrogen and oxygen atoms in total. The van der Waals surface area contributed by atoms with Gasteiger partial charge in [-0.2, -0.15) is 0 Å². The highest BCUT2D eigenvalue weighted by Gasteiger charge is 2.40. The van der Waals surface area contributed by atoms with Gasteiger partial charge in [0.15, 0.2) is 0 Å². The van der Waals surface area contributed by atoms with Crippen LogP contribution in [0.2, 0.25) is 0 Å². The van der Waals surface area contributed by atoms with Crippen molar-refractivity contribution in [2.45, 2.75) is 59.0 Å². The molecule has 0 aromatic carbocycles. The van der Waals surface area contributed by atoms with E-state index in [1.165, 1.54) is 0 Å². The summed E-state index contributed by atoms with van der Waals surface area (Å²) in [5, 5.41) is 0. The summed E-state index contributed by atoms with van der Waals surface area (Å²) >= 11 is 0. The smallest absolute Gasteiger partial charge is 0.309 e. The van der Waals surface area contributed by atoms with Gasteiger partial charge in [-0.05, 0) is 37.5 Å². The van der Waals surface area contributed by atoms with Crippen LogP contribution in [0.4, 0.5) is 0 Å². The van der Waals surface area contributed by atoms with Crippen LogP contribution in [0.25, 0.3) is 0 Å². The predicted octanol–water partition coefficient (Wildman–Crippen LogP) is 2.97. The molecule has 102 valence electrons. The van der Waals surface area contributed by atoms with E-state index in [2.05, 4.69) is 13.8 Å². The first kappa shape index (κ1) is 13.6. The van der Waals surface area contributed by atoms with Gasteiger partial charge in [0.1, 0.15) is 11.9 Å². The van der Waals surface area contributed by atoms with Gasteiger partial charge in [0, 0.05) is 12.3 Å². The van der Waals surface area contributed by atoms with Gasteiger partial charge in [-0.3, -0.25) is 9.59 Å². The molecule has 18 heavy (non-hydrogen) atoms. The number of Topliss-reactive ketones (excluding diaryl/α,β-unsaturated/α-hetero) is 1. The fraction of sp³-hybridized carbons (Fsp3) is 0.867. The summed E-state index contributed by atoms with van der Waals surface area (Å²) in [5.74, 6) is 1.25. The second-order valence-corrected chi connectivity index (χ2v) is 6.30. The molecule has 0 amide bonds. The molecule has 2 aliphatic rings. The van der Waals surface area contributed by atoms with Crippen LogP contribution in [-0.4, -0.2) is 17.9 Å². The predicted molar refractivity (Wildman–Crippen MR) is 69.0 cm³/mol. The van der Waals surface area contributed by atoms with Crippen molar-refractivity contribution in [2.24, 2.45) is 23.7 Å². The average Bonchev–Trinajstić information content (AvgIpc) is 2.66. The summed E-state index contributed by atoms with van der Waals surface area (Å²) in [5.41, 5.74) is 0. The Hall–Kier alpha value is -0.860. The second-order valence-electron chi connectivity index (χ2n) is 6.30. The van der Waals surface area contributed by atoms with Crippen LogP contribution in [0.3, 0.4) is 0 Å². The highest BCUT2D eigenvalue weighted by molar-refractivity contribution is 5.82. The van der Waals surface area contributed by atoms with Crippen molar-refractivity contribution in [1.82, 2.24) is 0 Å². The third kappa shape index (κ3) is 2.76. The molecule has 0 aromatic heterocycles. The number of carbonyl (C=O) groups is 2. The largest absolute Gasteiger partial charge is 0.462 e. The van der Waals surface area contributed by atoms with E-state index in [1.54, 1.807) is 0 Å². The van der Waals surface area contributed by atoms with Crippen LogP contribution in [0.1, 0.15) is 52.9 Å². The van der Waals surface area contributed by atoms with Gasteiger partial charge in [-0.15, -0.1) is 0 Å². The maximum absolute atomic E-state index is 11.9. The molecule has 0 spiro atoms. The molecule has 0 aromatic rings. The molecule has 2 rings (SSSR count). The first-order valence-corrected chi connectivity index (χ1v) is 7.22. The number of hydrogen-bond donors (Lipinski definition) is 0. The minimum atomic E-state index is -0.0759. The molecule has 0 N–H and O–H groups in total. The maximum Gasteiger partial charge on any atom is 0.309 e. The first-order valence-electron chi connectivity index (χ1n) is 7.22. The molecular formula is C15H24O3. The lowest BCUT2D eigenvalue weighted by molar-refractivity contribution is -0.146. The molecule has 1 saturated heterocycles. The van der Waals surface area contributed by atoms with Crippen LogP contribution in [-0.2, 0) is 14.3 Å². The molecule has 1 aliphatic carbocycles. The summed E-state index contributed by atoms with van der Waals surface area (Å²) in [6.45, 7) is 6.39. The van der Waals surface area contributed by atoms with Gasteiger partial charge < -0.3 is 4.74 Å². The van der Waals surface area contributed by atoms with Crippen molar-refractivity contribution in [3.8, 4) is 0 Å². The summed E-state index contributed by atoms with van der Waals surface area (Å²) < 4.78 is 5.55. The first-order chi connectivity index (χ1) is 8.49. The van der Waals surface area contributed by atoms with Gasteiger partial charge in [0.05, 0.1) is 5.92 Å². The monoisotopic (exact) mass is 252 g/mol. The van der Waals surface area contributed by atoms with Gasteiger partial charge in [-0.1, -0.05) is 20.8 Å². The minimum Gasteiger partial charge on any atom is -0.462 e. The van der Waals surface area contributed by atoms with Gasteiger partial charge >= 0.3 is 5.97 Å². The topological polar surface area (TPSA) is 43.4 Å². The zero-order valence-corrected chi connectivity index (χ0v) is 11.6. The fourth-order valence-corrected chi connectivity index (χ4v) is 3.28. The lowest BCUT2D eigenvalue weighted by Crippen LogP contribution is -2.27. The zero-order chi connectivity index (χ0) is 13.3. The van der Waals surface area contributed by atoms with Crippen molar-refractivity contribution >= 4 is 11.8 Å². The summed E-state index contributed by atoms with van der Waals surface area (Å²) in [6.07, 6.45) is 4.06. The van der Waals surface area contributed by atoms with E-state index in [0.717, 1.165) is 19.3 Å². The number of hydrogen-bond acceptors (Lipinski definition) is 3. The normalized spacial score (nSPS) is 37.8. The molecule has 1 aliphatic heterocycles. The Bertz CT molecular complexity index is 335. The van der Waals surface area contributed by atoms with Gasteiger partial charge in [0.25, 0.3) is 0 Å². The Morgan fingerprint density at radius 3 is 2.56 bits per heavy atom. The van der Waals surface area contributed by atoms with Crippen LogP contribution in [0, 0.1) is 23.7 Å². The van der Waals surface area contributed by atoms with E-state index in [-0.39, 0.29) is 23.9 Å². The number of ketones is 1. The number of rotatable bonds is 1. The van der Waals surface area contributed by atoms with Crippen LogP contribution in [0.15, 0.2) is 0 Å². The van der Waals surface area contributed by atoms with E-state index >= 15 is 0 Å². The van der Waals surface area contributed by atoms with E-state index in [1.807, 2.05) is 6.92 Å². The Balaban J connectivity index is 2.15. The van der Waals surface area contributed by atoms with E-state index in [4.69, 9.17) is 4.74 Å². The molecule has 1 heterocycles. The number of ether oxygens (including phenoxy) is 1. The third-order valence-corrected chi connectivity index (χ3v) is 4.67. The van der Waals surface area contributed by atoms with Crippen molar-refractivity contribution in [3.05, 3.63) is 0 Å². The lowest BCUT2D eigenvalue weighted by Gasteiger charge is -2.27. The van der Waals surface area contributed by atoms with Crippen molar-refractivity contribution < 1.29 is 14.3 Å². The highest BCUT2D eigenvalue weighted by Crippen LogP contribution is 2.37. The van der Waals surface area contributed by atoms with E-state index in [0.29, 0.717) is 30.5 Å². The zero-order valence-electron chi connectivity index (χ0n) is 11.6. The van der Waals surface area contributed by atoms with Crippen LogP contribution in [0.5, 0.6) is 0 Å². The van der Waals surface area contributed by atoms with Gasteiger partial charge in [0.2, 0.25) is 0 Å². The van der Waals surface area contributed by atoms with Crippen molar-refractivity contribution in [2.75, 3.05) is 0 Å². The molecule has 2 fully saturated rings. The standard InChI is InChI=1S/C15H24O3/c1-9(2)12-6-4-10(3)13(16)7-5-11-8-14(12)18-15(11)17/h9-12,14H,4-8H2,1-3H3/t10?,11?,12?,14-/m1/s1. The lowest BCUT2D eigenvalue weighted by atomic mass is 9.79. The summed E-state index contributed by atoms with van der Waals surface area (Å²) in [6, 6.07) is 0. The molecule has 1 saturated carbocycles. The Labute approximate surface area is 109 Å². The second kappa shape index (κ2) is 5.41. The summed E-state index contributed by atoms with van der Waals surface area (Å²) in [7, 11) is 0. The van der Waals surface area contributed by atoms with E-state index in [9.17, 15) is 9.59 Å². The molecule has 0 radical (unpaired) electrons. The van der Waals surface area contributed by atoms with E-state index < -0.39 is 0 Å². The Kier molecular flexibility index (Phi) is 4.08. The van der Waals surface area contributed by atoms with Crippen molar-refractivity contribution in [1.29, 1.82) is 0 Å². The van der Waals surface area contributed by atoms with Crippen molar-refractivity contribution in [3.63, 3.8) is 0 Å². The average molecular weight is 252 g/mol. The molecule has 3 unspecified atom stereocenters. The van der Waals surface area contributed by atoms with Crippen LogP contribution >= 0.6 is 0 Å². The molecule has 3 heteroatoms. The Morgan fingerprint density at radius 2 is 1.89 bits per heavy atom. The van der Waals surface area contributed by atoms with Gasteiger partial charge in [-0.25, -0.2) is 0 Å². The van der Waals surface area contributed by atoms with Crippen LogP contribution < -0.4 is 0 Å². The minimum absolute atomic E-state index is 0.0366.